The van der Waals surface area contributed by atoms with Crippen LogP contribution in [0.15, 0.2) is 21.2 Å². The highest BCUT2D eigenvalue weighted by Gasteiger charge is 2.19. The van der Waals surface area contributed by atoms with Crippen LogP contribution in [0.5, 0.6) is 0 Å². The van der Waals surface area contributed by atoms with Crippen LogP contribution in [-0.4, -0.2) is 24.2 Å². The van der Waals surface area contributed by atoms with Crippen molar-refractivity contribution in [1.82, 2.24) is 10.3 Å². The number of rotatable bonds is 8. The van der Waals surface area contributed by atoms with Crippen LogP contribution in [0.25, 0.3) is 0 Å². The van der Waals surface area contributed by atoms with Crippen LogP contribution >= 0.6 is 31.9 Å². The first-order chi connectivity index (χ1) is 10.2. The fourth-order valence-electron chi connectivity index (χ4n) is 2.76. The third-order valence-corrected chi connectivity index (χ3v) is 4.92. The predicted octanol–water partition coefficient (Wildman–Crippen LogP) is 5.00. The average molecular weight is 420 g/mol. The van der Waals surface area contributed by atoms with E-state index in [-0.39, 0.29) is 0 Å². The minimum Gasteiger partial charge on any atom is -0.378 e. The van der Waals surface area contributed by atoms with Crippen molar-refractivity contribution in [3.8, 4) is 0 Å². The molecule has 1 aromatic rings. The minimum absolute atomic E-state index is 0.314. The lowest BCUT2D eigenvalue weighted by molar-refractivity contribution is 0.101. The number of nitrogens with one attached hydrogen (secondary N) is 1. The van der Waals surface area contributed by atoms with Crippen LogP contribution in [0.1, 0.15) is 57.2 Å². The van der Waals surface area contributed by atoms with Gasteiger partial charge in [0.1, 0.15) is 0 Å². The molecule has 1 aliphatic heterocycles. The molecule has 0 radical (unpaired) electrons. The van der Waals surface area contributed by atoms with E-state index in [0.717, 1.165) is 40.6 Å². The number of ether oxygens (including phenoxy) is 1. The normalized spacial score (nSPS) is 19.9. The summed E-state index contributed by atoms with van der Waals surface area (Å²) in [6.45, 7) is 4.16. The maximum atomic E-state index is 5.71. The third-order valence-electron chi connectivity index (χ3n) is 3.85. The lowest BCUT2D eigenvalue weighted by Crippen LogP contribution is -2.24. The summed E-state index contributed by atoms with van der Waals surface area (Å²) in [4.78, 5) is 4.59. The molecule has 0 aliphatic carbocycles. The van der Waals surface area contributed by atoms with Crippen molar-refractivity contribution in [1.29, 1.82) is 0 Å². The SMILES string of the molecule is CCCNC(CCCC1CCCO1)c1ncc(Br)cc1Br. The Morgan fingerprint density at radius 3 is 3.00 bits per heavy atom. The van der Waals surface area contributed by atoms with Gasteiger partial charge in [0.2, 0.25) is 0 Å². The van der Waals surface area contributed by atoms with Crippen molar-refractivity contribution in [2.75, 3.05) is 13.2 Å². The Morgan fingerprint density at radius 2 is 2.33 bits per heavy atom. The summed E-state index contributed by atoms with van der Waals surface area (Å²) in [5, 5.41) is 3.62. The lowest BCUT2D eigenvalue weighted by Gasteiger charge is -2.20. The Kier molecular flexibility index (Phi) is 7.64. The van der Waals surface area contributed by atoms with E-state index in [4.69, 9.17) is 4.74 Å². The summed E-state index contributed by atoms with van der Waals surface area (Å²) < 4.78 is 7.79. The highest BCUT2D eigenvalue weighted by Crippen LogP contribution is 2.28. The van der Waals surface area contributed by atoms with Crippen molar-refractivity contribution < 1.29 is 4.74 Å². The van der Waals surface area contributed by atoms with Gasteiger partial charge in [-0.15, -0.1) is 0 Å². The highest BCUT2D eigenvalue weighted by molar-refractivity contribution is 9.11. The van der Waals surface area contributed by atoms with E-state index in [0.29, 0.717) is 12.1 Å². The monoisotopic (exact) mass is 418 g/mol. The fourth-order valence-corrected chi connectivity index (χ4v) is 4.02. The first-order valence-electron chi connectivity index (χ1n) is 7.86. The Morgan fingerprint density at radius 1 is 1.48 bits per heavy atom. The molecule has 2 unspecified atom stereocenters. The Balaban J connectivity index is 1.92. The summed E-state index contributed by atoms with van der Waals surface area (Å²) in [7, 11) is 0. The Bertz CT molecular complexity index is 436. The van der Waals surface area contributed by atoms with Crippen molar-refractivity contribution in [2.24, 2.45) is 0 Å². The van der Waals surface area contributed by atoms with Crippen molar-refractivity contribution in [2.45, 2.75) is 57.6 Å². The molecule has 1 aliphatic rings. The number of aromatic nitrogens is 1. The molecule has 0 spiro atoms. The number of halogens is 2. The summed E-state index contributed by atoms with van der Waals surface area (Å²) in [5.74, 6) is 0. The van der Waals surface area contributed by atoms with Crippen LogP contribution in [0, 0.1) is 0 Å². The largest absolute Gasteiger partial charge is 0.378 e. The van der Waals surface area contributed by atoms with E-state index in [1.54, 1.807) is 0 Å². The molecule has 2 atom stereocenters. The van der Waals surface area contributed by atoms with Crippen LogP contribution in [0.2, 0.25) is 0 Å². The summed E-state index contributed by atoms with van der Waals surface area (Å²) >= 11 is 7.11. The first kappa shape index (κ1) is 17.4. The first-order valence-corrected chi connectivity index (χ1v) is 9.45. The average Bonchev–Trinajstić information content (AvgIpc) is 2.96. The lowest BCUT2D eigenvalue weighted by atomic mass is 10.0. The zero-order valence-electron chi connectivity index (χ0n) is 12.6. The van der Waals surface area contributed by atoms with Gasteiger partial charge >= 0.3 is 0 Å². The molecule has 2 rings (SSSR count). The molecule has 1 fully saturated rings. The van der Waals surface area contributed by atoms with E-state index < -0.39 is 0 Å². The van der Waals surface area contributed by atoms with Crippen LogP contribution in [-0.2, 0) is 4.74 Å². The number of nitrogens with zero attached hydrogens (tertiary/aromatic N) is 1. The van der Waals surface area contributed by atoms with E-state index in [1.807, 2.05) is 6.20 Å². The summed E-state index contributed by atoms with van der Waals surface area (Å²) in [6, 6.07) is 2.39. The maximum absolute atomic E-state index is 5.71. The maximum Gasteiger partial charge on any atom is 0.0715 e. The molecule has 0 aromatic carbocycles. The van der Waals surface area contributed by atoms with E-state index in [9.17, 15) is 0 Å². The zero-order chi connectivity index (χ0) is 15.1. The van der Waals surface area contributed by atoms with Gasteiger partial charge in [0.15, 0.2) is 0 Å². The van der Waals surface area contributed by atoms with Crippen LogP contribution in [0.4, 0.5) is 0 Å². The number of pyridine rings is 1. The van der Waals surface area contributed by atoms with E-state index in [2.05, 4.69) is 55.2 Å². The molecule has 1 N–H and O–H groups in total. The van der Waals surface area contributed by atoms with Crippen molar-refractivity contribution in [3.05, 3.63) is 26.9 Å². The Hall–Kier alpha value is 0.0300. The van der Waals surface area contributed by atoms with Crippen LogP contribution in [0.3, 0.4) is 0 Å². The zero-order valence-corrected chi connectivity index (χ0v) is 15.7. The molecule has 1 aromatic heterocycles. The van der Waals surface area contributed by atoms with Gasteiger partial charge in [-0.2, -0.15) is 0 Å². The molecular weight excluding hydrogens is 396 g/mol. The smallest absolute Gasteiger partial charge is 0.0715 e. The topological polar surface area (TPSA) is 34.1 Å². The van der Waals surface area contributed by atoms with Crippen LogP contribution < -0.4 is 5.32 Å². The van der Waals surface area contributed by atoms with E-state index >= 15 is 0 Å². The standard InChI is InChI=1S/C16H24Br2N2O/c1-2-8-19-15(7-3-5-13-6-4-9-21-13)16-14(18)10-12(17)11-20-16/h10-11,13,15,19H,2-9H2,1H3. The predicted molar refractivity (Wildman–Crippen MR) is 93.5 cm³/mol. The number of hydrogen-bond donors (Lipinski definition) is 1. The minimum atomic E-state index is 0.314. The van der Waals surface area contributed by atoms with Crippen molar-refractivity contribution in [3.63, 3.8) is 0 Å². The summed E-state index contributed by atoms with van der Waals surface area (Å²) in [5.41, 5.74) is 1.11. The van der Waals surface area contributed by atoms with Gasteiger partial charge in [-0.3, -0.25) is 4.98 Å². The molecule has 0 amide bonds. The highest BCUT2D eigenvalue weighted by atomic mass is 79.9. The van der Waals surface area contributed by atoms with Gasteiger partial charge in [0, 0.05) is 21.7 Å². The number of hydrogen-bond acceptors (Lipinski definition) is 3. The van der Waals surface area contributed by atoms with Gasteiger partial charge in [0.05, 0.1) is 17.8 Å². The molecule has 5 heteroatoms. The second kappa shape index (κ2) is 9.23. The molecule has 0 bridgehead atoms. The molecule has 118 valence electrons. The van der Waals surface area contributed by atoms with E-state index in [1.165, 1.54) is 25.7 Å². The van der Waals surface area contributed by atoms with Gasteiger partial charge in [0.25, 0.3) is 0 Å². The molecule has 0 saturated carbocycles. The van der Waals surface area contributed by atoms with Gasteiger partial charge in [-0.1, -0.05) is 6.92 Å². The second-order valence-electron chi connectivity index (χ2n) is 5.59. The van der Waals surface area contributed by atoms with Gasteiger partial charge in [-0.25, -0.2) is 0 Å². The molecule has 1 saturated heterocycles. The van der Waals surface area contributed by atoms with Gasteiger partial charge in [-0.05, 0) is 83.0 Å². The summed E-state index contributed by atoms with van der Waals surface area (Å²) in [6.07, 6.45) is 9.40. The molecule has 3 nitrogen and oxygen atoms in total. The Labute approximate surface area is 144 Å². The van der Waals surface area contributed by atoms with Gasteiger partial charge < -0.3 is 10.1 Å². The van der Waals surface area contributed by atoms with Crippen molar-refractivity contribution >= 4 is 31.9 Å². The fraction of sp³-hybridized carbons (Fsp3) is 0.688. The third kappa shape index (κ3) is 5.62. The quantitative estimate of drug-likeness (QED) is 0.643. The molecule has 2 heterocycles. The molecule has 21 heavy (non-hydrogen) atoms. The molecular formula is C16H24Br2N2O. The second-order valence-corrected chi connectivity index (χ2v) is 7.36.